The Morgan fingerprint density at radius 1 is 1.23 bits per heavy atom. The number of nitrogens with one attached hydrogen (secondary N) is 2. The minimum absolute atomic E-state index is 0.0119. The van der Waals surface area contributed by atoms with Crippen LogP contribution in [0.3, 0.4) is 0 Å². The number of hydrogen-bond donors (Lipinski definition) is 3. The molecular formula is C22H37N3O4S. The highest BCUT2D eigenvalue weighted by Gasteiger charge is 2.76. The lowest BCUT2D eigenvalue weighted by atomic mass is 9.66. The fourth-order valence-electron chi connectivity index (χ4n) is 5.66. The normalized spacial score (nSPS) is 34.5. The van der Waals surface area contributed by atoms with Crippen LogP contribution in [0.4, 0.5) is 0 Å². The Balaban J connectivity index is 1.93. The number of carbonyl (C=O) groups excluding carboxylic acids is 3. The van der Waals surface area contributed by atoms with Gasteiger partial charge in [0, 0.05) is 30.5 Å². The van der Waals surface area contributed by atoms with E-state index in [4.69, 9.17) is 5.11 Å². The average molecular weight is 440 g/mol. The van der Waals surface area contributed by atoms with Crippen LogP contribution in [0.2, 0.25) is 0 Å². The number of amides is 3. The molecule has 2 unspecified atom stereocenters. The lowest BCUT2D eigenvalue weighted by Crippen LogP contribution is -2.55. The van der Waals surface area contributed by atoms with Crippen molar-refractivity contribution < 1.29 is 19.5 Å². The molecule has 3 heterocycles. The van der Waals surface area contributed by atoms with Gasteiger partial charge in [-0.1, -0.05) is 6.92 Å². The summed E-state index contributed by atoms with van der Waals surface area (Å²) in [7, 11) is 0. The number of aliphatic hydroxyl groups excluding tert-OH is 1. The summed E-state index contributed by atoms with van der Waals surface area (Å²) < 4.78 is -0.840. The molecule has 3 amide bonds. The van der Waals surface area contributed by atoms with Gasteiger partial charge >= 0.3 is 0 Å². The van der Waals surface area contributed by atoms with Crippen molar-refractivity contribution in [2.75, 3.05) is 19.7 Å². The maximum absolute atomic E-state index is 13.7. The number of nitrogens with zero attached hydrogens (tertiary/aromatic N) is 1. The monoisotopic (exact) mass is 439 g/mol. The number of thioether (sulfide) groups is 1. The predicted octanol–water partition coefficient (Wildman–Crippen LogP) is 1.68. The van der Waals surface area contributed by atoms with E-state index in [-0.39, 0.29) is 35.1 Å². The molecule has 0 aliphatic carbocycles. The van der Waals surface area contributed by atoms with Gasteiger partial charge < -0.3 is 20.6 Å². The van der Waals surface area contributed by atoms with Crippen molar-refractivity contribution in [2.45, 2.75) is 87.8 Å². The molecule has 3 aliphatic heterocycles. The maximum atomic E-state index is 13.7. The molecule has 0 aromatic rings. The third-order valence-electron chi connectivity index (χ3n) is 6.84. The molecule has 3 N–H and O–H groups in total. The van der Waals surface area contributed by atoms with Crippen molar-refractivity contribution >= 4 is 29.5 Å². The molecule has 3 saturated heterocycles. The molecule has 3 rings (SSSR count). The van der Waals surface area contributed by atoms with E-state index in [0.29, 0.717) is 19.5 Å². The first-order valence-electron chi connectivity index (χ1n) is 11.4. The third-order valence-corrected chi connectivity index (χ3v) is 8.83. The van der Waals surface area contributed by atoms with Gasteiger partial charge in [0.05, 0.1) is 16.6 Å². The largest absolute Gasteiger partial charge is 0.396 e. The summed E-state index contributed by atoms with van der Waals surface area (Å²) in [6.45, 7) is 9.19. The molecule has 5 atom stereocenters. The maximum Gasteiger partial charge on any atom is 0.244 e. The van der Waals surface area contributed by atoms with Crippen molar-refractivity contribution in [3.63, 3.8) is 0 Å². The average Bonchev–Trinajstić information content (AvgIpc) is 3.24. The van der Waals surface area contributed by atoms with E-state index in [1.54, 1.807) is 16.7 Å². The molecule has 7 nitrogen and oxygen atoms in total. The van der Waals surface area contributed by atoms with E-state index in [2.05, 4.69) is 17.6 Å². The summed E-state index contributed by atoms with van der Waals surface area (Å²) in [5, 5.41) is 15.1. The second-order valence-corrected chi connectivity index (χ2v) is 11.4. The van der Waals surface area contributed by atoms with Gasteiger partial charge in [-0.05, 0) is 59.3 Å². The van der Waals surface area contributed by atoms with E-state index in [1.165, 1.54) is 0 Å². The molecule has 0 aromatic carbocycles. The molecule has 3 aliphatic rings. The number of unbranched alkanes of at least 4 members (excludes halogenated alkanes) is 2. The smallest absolute Gasteiger partial charge is 0.244 e. The molecule has 170 valence electrons. The van der Waals surface area contributed by atoms with Crippen LogP contribution in [0.15, 0.2) is 0 Å². The van der Waals surface area contributed by atoms with Crippen LogP contribution in [0.1, 0.15) is 66.2 Å². The van der Waals surface area contributed by atoms with Gasteiger partial charge in [0.15, 0.2) is 0 Å². The fraction of sp³-hybridized carbons (Fsp3) is 0.864. The van der Waals surface area contributed by atoms with E-state index >= 15 is 0 Å². The summed E-state index contributed by atoms with van der Waals surface area (Å²) in [6, 6.07) is -0.551. The van der Waals surface area contributed by atoms with Crippen LogP contribution >= 0.6 is 11.8 Å². The first-order chi connectivity index (χ1) is 14.2. The Morgan fingerprint density at radius 2 is 1.97 bits per heavy atom. The summed E-state index contributed by atoms with van der Waals surface area (Å²) in [5.74, 6) is -1.03. The third kappa shape index (κ3) is 3.85. The number of hydrogen-bond acceptors (Lipinski definition) is 5. The SMILES string of the molecule is CCCNC(=O)[C@@H]1[C@H]2C(=O)N(CCCCCO)C(C(=O)NC(C)C)C23CC[C@@]1(C)S3. The molecule has 8 heteroatoms. The van der Waals surface area contributed by atoms with Gasteiger partial charge in [0.1, 0.15) is 6.04 Å². The first-order valence-corrected chi connectivity index (χ1v) is 12.2. The Morgan fingerprint density at radius 3 is 2.60 bits per heavy atom. The van der Waals surface area contributed by atoms with E-state index in [9.17, 15) is 14.4 Å². The predicted molar refractivity (Wildman–Crippen MR) is 118 cm³/mol. The van der Waals surface area contributed by atoms with Crippen molar-refractivity contribution in [3.05, 3.63) is 0 Å². The van der Waals surface area contributed by atoms with Gasteiger partial charge in [-0.15, -0.1) is 11.8 Å². The quantitative estimate of drug-likeness (QED) is 0.450. The highest BCUT2D eigenvalue weighted by molar-refractivity contribution is 8.02. The molecule has 0 saturated carbocycles. The standard InChI is InChI=1S/C22H37N3O4S/c1-5-11-23-18(27)15-16-20(29)25(12-7-6-8-13-26)17(19(28)24-14(2)3)22(16)10-9-21(15,4)30-22/h14-17,26H,5-13H2,1-4H3,(H,23,27)(H,24,28)/t15-,16-,17?,21+,22?/m0/s1. The summed E-state index contributed by atoms with van der Waals surface area (Å²) in [4.78, 5) is 41.9. The van der Waals surface area contributed by atoms with Crippen molar-refractivity contribution in [2.24, 2.45) is 11.8 Å². The molecule has 0 radical (unpaired) electrons. The van der Waals surface area contributed by atoms with Gasteiger partial charge in [-0.3, -0.25) is 14.4 Å². The number of carbonyl (C=O) groups is 3. The Labute approximate surface area is 184 Å². The molecule has 0 aromatic heterocycles. The zero-order valence-corrected chi connectivity index (χ0v) is 19.5. The van der Waals surface area contributed by atoms with Crippen LogP contribution in [-0.2, 0) is 14.4 Å². The lowest BCUT2D eigenvalue weighted by Gasteiger charge is -2.35. The fourth-order valence-corrected chi connectivity index (χ4v) is 8.02. The summed E-state index contributed by atoms with van der Waals surface area (Å²) in [6.07, 6.45) is 4.72. The Kier molecular flexibility index (Phi) is 7.07. The Hall–Kier alpha value is -1.28. The first kappa shape index (κ1) is 23.4. The summed E-state index contributed by atoms with van der Waals surface area (Å²) in [5.41, 5.74) is 0. The highest BCUT2D eigenvalue weighted by Crippen LogP contribution is 2.71. The molecule has 3 fully saturated rings. The van der Waals surface area contributed by atoms with Crippen LogP contribution in [-0.4, -0.2) is 69.0 Å². The van der Waals surface area contributed by atoms with Gasteiger partial charge in [-0.25, -0.2) is 0 Å². The molecule has 30 heavy (non-hydrogen) atoms. The highest BCUT2D eigenvalue weighted by atomic mass is 32.2. The van der Waals surface area contributed by atoms with Gasteiger partial charge in [0.25, 0.3) is 0 Å². The number of fused-ring (bicyclic) bond motifs is 1. The number of likely N-dealkylation sites (tertiary alicyclic amines) is 1. The van der Waals surface area contributed by atoms with E-state index in [1.807, 2.05) is 20.8 Å². The zero-order valence-electron chi connectivity index (χ0n) is 18.7. The zero-order chi connectivity index (χ0) is 22.1. The van der Waals surface area contributed by atoms with Crippen LogP contribution in [0.25, 0.3) is 0 Å². The van der Waals surface area contributed by atoms with Crippen LogP contribution in [0.5, 0.6) is 0 Å². The van der Waals surface area contributed by atoms with E-state index < -0.39 is 22.6 Å². The molecular weight excluding hydrogens is 402 g/mol. The van der Waals surface area contributed by atoms with Crippen molar-refractivity contribution in [1.29, 1.82) is 0 Å². The minimum Gasteiger partial charge on any atom is -0.396 e. The van der Waals surface area contributed by atoms with Crippen molar-refractivity contribution in [3.8, 4) is 0 Å². The molecule has 1 spiro atoms. The van der Waals surface area contributed by atoms with Crippen molar-refractivity contribution in [1.82, 2.24) is 15.5 Å². The second kappa shape index (κ2) is 9.07. The lowest BCUT2D eigenvalue weighted by molar-refractivity contribution is -0.140. The van der Waals surface area contributed by atoms with Gasteiger partial charge in [-0.2, -0.15) is 0 Å². The van der Waals surface area contributed by atoms with Crippen LogP contribution < -0.4 is 10.6 Å². The number of rotatable bonds is 10. The summed E-state index contributed by atoms with van der Waals surface area (Å²) >= 11 is 1.71. The second-order valence-electron chi connectivity index (χ2n) is 9.50. The van der Waals surface area contributed by atoms with Gasteiger partial charge in [0.2, 0.25) is 17.7 Å². The molecule has 2 bridgehead atoms. The van der Waals surface area contributed by atoms with Crippen LogP contribution in [0, 0.1) is 11.8 Å². The van der Waals surface area contributed by atoms with E-state index in [0.717, 1.165) is 32.1 Å². The number of aliphatic hydroxyl groups is 1. The Bertz CT molecular complexity index is 687. The minimum atomic E-state index is -0.540. The topological polar surface area (TPSA) is 98.7 Å².